The lowest BCUT2D eigenvalue weighted by Crippen LogP contribution is -2.15. The van der Waals surface area contributed by atoms with Gasteiger partial charge < -0.3 is 10.2 Å². The largest absolute Gasteiger partial charge is 0.347 e. The van der Waals surface area contributed by atoms with Crippen molar-refractivity contribution in [2.45, 2.75) is 25.2 Å². The van der Waals surface area contributed by atoms with Crippen molar-refractivity contribution >= 4 is 35.4 Å². The summed E-state index contributed by atoms with van der Waals surface area (Å²) in [4.78, 5) is 15.3. The molecule has 0 aliphatic heterocycles. The predicted octanol–water partition coefficient (Wildman–Crippen LogP) is 3.99. The quantitative estimate of drug-likeness (QED) is 0.784. The third-order valence-corrected chi connectivity index (χ3v) is 4.70. The number of aromatic amines is 1. The van der Waals surface area contributed by atoms with Gasteiger partial charge in [0.15, 0.2) is 11.6 Å². The van der Waals surface area contributed by atoms with Crippen LogP contribution in [0.1, 0.15) is 36.7 Å². The first-order valence-electron chi connectivity index (χ1n) is 9.04. The highest BCUT2D eigenvalue weighted by atomic mass is 35.5. The van der Waals surface area contributed by atoms with Gasteiger partial charge in [-0.1, -0.05) is 29.8 Å². The molecule has 4 rings (SSSR count). The molecule has 140 valence electrons. The van der Waals surface area contributed by atoms with E-state index in [9.17, 15) is 0 Å². The van der Waals surface area contributed by atoms with Gasteiger partial charge in [0.05, 0.1) is 0 Å². The first kappa shape index (κ1) is 17.7. The summed E-state index contributed by atoms with van der Waals surface area (Å²) in [5.74, 6) is 3.22. The van der Waals surface area contributed by atoms with Gasteiger partial charge in [-0.3, -0.25) is 5.10 Å². The number of anilines is 3. The van der Waals surface area contributed by atoms with E-state index >= 15 is 0 Å². The maximum atomic E-state index is 6.08. The van der Waals surface area contributed by atoms with Gasteiger partial charge in [0.1, 0.15) is 0 Å². The minimum absolute atomic E-state index is 0.242. The van der Waals surface area contributed by atoms with Crippen LogP contribution in [0.2, 0.25) is 0 Å². The molecule has 0 bridgehead atoms. The topological polar surface area (TPSA) is 82.6 Å². The van der Waals surface area contributed by atoms with Gasteiger partial charge in [-0.05, 0) is 31.4 Å². The molecule has 0 saturated heterocycles. The highest BCUT2D eigenvalue weighted by Gasteiger charge is 2.25. The summed E-state index contributed by atoms with van der Waals surface area (Å²) in [7, 11) is 3.81. The molecular formula is C19H22ClN7. The summed E-state index contributed by atoms with van der Waals surface area (Å²) in [6, 6.07) is 2.02. The van der Waals surface area contributed by atoms with E-state index in [4.69, 9.17) is 11.6 Å². The summed E-state index contributed by atoms with van der Waals surface area (Å²) in [6.07, 6.45) is 13.3. The average molecular weight is 384 g/mol. The summed E-state index contributed by atoms with van der Waals surface area (Å²) >= 11 is 6.08. The Kier molecular flexibility index (Phi) is 4.94. The molecule has 2 heterocycles. The summed E-state index contributed by atoms with van der Waals surface area (Å²) < 4.78 is 0. The van der Waals surface area contributed by atoms with Gasteiger partial charge in [0, 0.05) is 42.7 Å². The zero-order valence-electron chi connectivity index (χ0n) is 15.4. The van der Waals surface area contributed by atoms with Gasteiger partial charge >= 0.3 is 0 Å². The second-order valence-corrected chi connectivity index (χ2v) is 7.47. The van der Waals surface area contributed by atoms with Crippen LogP contribution in [0.4, 0.5) is 17.7 Å². The van der Waals surface area contributed by atoms with Gasteiger partial charge in [-0.2, -0.15) is 20.1 Å². The molecule has 2 aromatic heterocycles. The standard InChI is InChI=1S/C19H22ClN7/c1-27(2)19-23-16(9-6-12-4-3-5-14(20)10-12)21-18(24-19)22-17-11-15(25-26-17)13-7-8-13/h3,5-6,9-13H,4,7-8H2,1-2H3,(H2,21,22,23,24,25,26)/b9-6+. The molecule has 0 radical (unpaired) electrons. The minimum Gasteiger partial charge on any atom is -0.347 e. The van der Waals surface area contributed by atoms with Crippen molar-refractivity contribution in [1.29, 1.82) is 0 Å². The Bertz CT molecular complexity index is 909. The monoisotopic (exact) mass is 383 g/mol. The van der Waals surface area contributed by atoms with Gasteiger partial charge in [0.2, 0.25) is 11.9 Å². The number of hydrogen-bond donors (Lipinski definition) is 2. The maximum absolute atomic E-state index is 6.08. The summed E-state index contributed by atoms with van der Waals surface area (Å²) in [5, 5.41) is 11.3. The average Bonchev–Trinajstić information content (AvgIpc) is 3.40. The van der Waals surface area contributed by atoms with Gasteiger partial charge in [0.25, 0.3) is 0 Å². The Labute approximate surface area is 163 Å². The molecular weight excluding hydrogens is 362 g/mol. The molecule has 1 unspecified atom stereocenters. The van der Waals surface area contributed by atoms with E-state index in [1.807, 2.05) is 43.3 Å². The molecule has 2 N–H and O–H groups in total. The van der Waals surface area contributed by atoms with E-state index in [1.165, 1.54) is 12.8 Å². The van der Waals surface area contributed by atoms with Crippen LogP contribution >= 0.6 is 11.6 Å². The molecule has 2 aliphatic carbocycles. The molecule has 0 spiro atoms. The zero-order chi connectivity index (χ0) is 18.8. The number of nitrogens with zero attached hydrogens (tertiary/aromatic N) is 5. The van der Waals surface area contributed by atoms with Crippen molar-refractivity contribution < 1.29 is 0 Å². The fourth-order valence-corrected chi connectivity index (χ4v) is 3.09. The Balaban J connectivity index is 1.54. The SMILES string of the molecule is CN(C)c1nc(/C=C/C2C=C(Cl)C=CC2)nc(Nc2cc(C3CC3)[nH]n2)n1. The Morgan fingerprint density at radius 3 is 2.85 bits per heavy atom. The Hall–Kier alpha value is -2.67. The molecule has 1 fully saturated rings. The number of H-pyrrole nitrogens is 1. The van der Waals surface area contributed by atoms with Crippen molar-refractivity contribution in [3.8, 4) is 0 Å². The lowest BCUT2D eigenvalue weighted by Gasteiger charge is -2.12. The number of rotatable bonds is 6. The van der Waals surface area contributed by atoms with Crippen LogP contribution in [-0.2, 0) is 0 Å². The molecule has 1 atom stereocenters. The molecule has 27 heavy (non-hydrogen) atoms. The molecule has 2 aromatic rings. The van der Waals surface area contributed by atoms with E-state index in [-0.39, 0.29) is 5.92 Å². The number of nitrogens with one attached hydrogen (secondary N) is 2. The van der Waals surface area contributed by atoms with Crippen LogP contribution in [0.3, 0.4) is 0 Å². The molecule has 1 saturated carbocycles. The van der Waals surface area contributed by atoms with Crippen LogP contribution in [-0.4, -0.2) is 39.2 Å². The van der Waals surface area contributed by atoms with E-state index in [0.29, 0.717) is 23.6 Å². The highest BCUT2D eigenvalue weighted by molar-refractivity contribution is 6.31. The number of aromatic nitrogens is 5. The van der Waals surface area contributed by atoms with Crippen molar-refractivity contribution in [3.05, 3.63) is 46.9 Å². The van der Waals surface area contributed by atoms with Crippen molar-refractivity contribution in [1.82, 2.24) is 25.1 Å². The molecule has 2 aliphatic rings. The summed E-state index contributed by atoms with van der Waals surface area (Å²) in [6.45, 7) is 0. The highest BCUT2D eigenvalue weighted by Crippen LogP contribution is 2.39. The predicted molar refractivity (Wildman–Crippen MR) is 108 cm³/mol. The van der Waals surface area contributed by atoms with Crippen LogP contribution in [0.15, 0.2) is 35.4 Å². The van der Waals surface area contributed by atoms with Crippen LogP contribution in [0.5, 0.6) is 0 Å². The van der Waals surface area contributed by atoms with Crippen LogP contribution < -0.4 is 10.2 Å². The Morgan fingerprint density at radius 2 is 2.11 bits per heavy atom. The third kappa shape index (κ3) is 4.54. The molecule has 0 aromatic carbocycles. The van der Waals surface area contributed by atoms with Crippen molar-refractivity contribution in [2.24, 2.45) is 5.92 Å². The van der Waals surface area contributed by atoms with Gasteiger partial charge in [-0.15, -0.1) is 0 Å². The van der Waals surface area contributed by atoms with E-state index in [2.05, 4.69) is 42.6 Å². The van der Waals surface area contributed by atoms with E-state index in [0.717, 1.165) is 23.0 Å². The van der Waals surface area contributed by atoms with Gasteiger partial charge in [-0.25, -0.2) is 0 Å². The van der Waals surface area contributed by atoms with E-state index < -0.39 is 0 Å². The number of halogens is 1. The smallest absolute Gasteiger partial charge is 0.233 e. The Morgan fingerprint density at radius 1 is 1.26 bits per heavy atom. The van der Waals surface area contributed by atoms with E-state index in [1.54, 1.807) is 0 Å². The lowest BCUT2D eigenvalue weighted by atomic mass is 10.0. The van der Waals surface area contributed by atoms with Crippen molar-refractivity contribution in [3.63, 3.8) is 0 Å². The maximum Gasteiger partial charge on any atom is 0.233 e. The van der Waals surface area contributed by atoms with Crippen LogP contribution in [0, 0.1) is 5.92 Å². The lowest BCUT2D eigenvalue weighted by molar-refractivity contribution is 0.822. The van der Waals surface area contributed by atoms with Crippen molar-refractivity contribution in [2.75, 3.05) is 24.3 Å². The fraction of sp³-hybridized carbons (Fsp3) is 0.368. The number of allylic oxidation sites excluding steroid dienone is 5. The second-order valence-electron chi connectivity index (χ2n) is 7.03. The third-order valence-electron chi connectivity index (χ3n) is 4.45. The molecule has 7 nitrogen and oxygen atoms in total. The minimum atomic E-state index is 0.242. The second kappa shape index (κ2) is 7.52. The molecule has 8 heteroatoms. The first-order valence-corrected chi connectivity index (χ1v) is 9.42. The normalized spacial score (nSPS) is 19.4. The van der Waals surface area contributed by atoms with Crippen LogP contribution in [0.25, 0.3) is 6.08 Å². The number of hydrogen-bond acceptors (Lipinski definition) is 6. The molecule has 0 amide bonds. The first-order chi connectivity index (χ1) is 13.1. The zero-order valence-corrected chi connectivity index (χ0v) is 16.1. The summed E-state index contributed by atoms with van der Waals surface area (Å²) in [5.41, 5.74) is 1.16. The fourth-order valence-electron chi connectivity index (χ4n) is 2.84.